The Morgan fingerprint density at radius 3 is 2.31 bits per heavy atom. The van der Waals surface area contributed by atoms with E-state index in [0.717, 1.165) is 13.0 Å². The van der Waals surface area contributed by atoms with Gasteiger partial charge in [-0.05, 0) is 18.6 Å². The van der Waals surface area contributed by atoms with Crippen LogP contribution in [-0.2, 0) is 4.79 Å². The summed E-state index contributed by atoms with van der Waals surface area (Å²) in [6.45, 7) is 8.62. The maximum absolute atomic E-state index is 11.6. The van der Waals surface area contributed by atoms with Crippen LogP contribution in [0.2, 0.25) is 0 Å². The lowest BCUT2D eigenvalue weighted by molar-refractivity contribution is -0.126. The van der Waals surface area contributed by atoms with Crippen LogP contribution in [0.5, 0.6) is 0 Å². The van der Waals surface area contributed by atoms with Crippen LogP contribution in [0.4, 0.5) is 0 Å². The van der Waals surface area contributed by atoms with Gasteiger partial charge in [0.05, 0.1) is 0 Å². The average Bonchev–Trinajstić information content (AvgIpc) is 2.16. The highest BCUT2D eigenvalue weighted by Gasteiger charge is 2.21. The molecule has 0 saturated heterocycles. The van der Waals surface area contributed by atoms with Gasteiger partial charge in [0.2, 0.25) is 5.91 Å². The normalized spacial score (nSPS) is 11.0. The number of rotatable bonds is 5. The van der Waals surface area contributed by atoms with Gasteiger partial charge in [0, 0.05) is 12.0 Å². The van der Waals surface area contributed by atoms with Crippen LogP contribution in [-0.4, -0.2) is 17.6 Å². The number of hydrogen-bond acceptors (Lipinski definition) is 2. The smallest absolute Gasteiger partial charge is 0.231 e. The summed E-state index contributed by atoms with van der Waals surface area (Å²) in [5.41, 5.74) is -0.395. The van der Waals surface area contributed by atoms with Gasteiger partial charge in [0.15, 0.2) is 5.11 Å². The zero-order valence-corrected chi connectivity index (χ0v) is 11.7. The van der Waals surface area contributed by atoms with Gasteiger partial charge in [-0.1, -0.05) is 47.0 Å². The molecule has 0 unspecified atom stereocenters. The van der Waals surface area contributed by atoms with Crippen LogP contribution in [0.15, 0.2) is 0 Å². The van der Waals surface area contributed by atoms with Crippen molar-refractivity contribution in [3.63, 3.8) is 0 Å². The molecule has 2 N–H and O–H groups in total. The molecule has 0 atom stereocenters. The van der Waals surface area contributed by atoms with Gasteiger partial charge in [-0.15, -0.1) is 0 Å². The molecule has 0 radical (unpaired) electrons. The predicted molar refractivity (Wildman–Crippen MR) is 72.3 cm³/mol. The summed E-state index contributed by atoms with van der Waals surface area (Å²) < 4.78 is 0. The molecule has 16 heavy (non-hydrogen) atoms. The summed E-state index contributed by atoms with van der Waals surface area (Å²) in [7, 11) is 0. The fourth-order valence-electron chi connectivity index (χ4n) is 1.09. The summed E-state index contributed by atoms with van der Waals surface area (Å²) in [6.07, 6.45) is 4.78. The van der Waals surface area contributed by atoms with Crippen molar-refractivity contribution in [1.29, 1.82) is 0 Å². The average molecular weight is 244 g/mol. The summed E-state index contributed by atoms with van der Waals surface area (Å²) in [6, 6.07) is 0. The minimum atomic E-state index is -0.395. The number of carbonyl (C=O) groups excluding carboxylic acids is 1. The zero-order valence-electron chi connectivity index (χ0n) is 10.9. The van der Waals surface area contributed by atoms with Gasteiger partial charge in [-0.25, -0.2) is 0 Å². The molecule has 0 aliphatic rings. The topological polar surface area (TPSA) is 41.1 Å². The molecule has 0 aromatic heterocycles. The lowest BCUT2D eigenvalue weighted by Crippen LogP contribution is -2.44. The largest absolute Gasteiger partial charge is 0.362 e. The Hall–Kier alpha value is -0.640. The third-order valence-electron chi connectivity index (χ3n) is 2.22. The van der Waals surface area contributed by atoms with Crippen LogP contribution < -0.4 is 10.6 Å². The van der Waals surface area contributed by atoms with E-state index in [2.05, 4.69) is 17.6 Å². The highest BCUT2D eigenvalue weighted by Crippen LogP contribution is 2.11. The minimum Gasteiger partial charge on any atom is -0.362 e. The number of amides is 1. The SMILES string of the molecule is CCCCCCNC(=S)NC(=O)C(C)(C)C. The van der Waals surface area contributed by atoms with Crippen molar-refractivity contribution in [1.82, 2.24) is 10.6 Å². The van der Waals surface area contributed by atoms with E-state index in [4.69, 9.17) is 12.2 Å². The summed E-state index contributed by atoms with van der Waals surface area (Å²) in [5, 5.41) is 6.18. The van der Waals surface area contributed by atoms with E-state index in [-0.39, 0.29) is 5.91 Å². The molecule has 0 heterocycles. The van der Waals surface area contributed by atoms with Crippen molar-refractivity contribution in [2.45, 2.75) is 53.4 Å². The molecule has 0 aromatic carbocycles. The molecule has 0 spiro atoms. The molecular formula is C12H24N2OS. The Morgan fingerprint density at radius 2 is 1.81 bits per heavy atom. The first kappa shape index (κ1) is 15.4. The van der Waals surface area contributed by atoms with Crippen molar-refractivity contribution in [3.8, 4) is 0 Å². The van der Waals surface area contributed by atoms with Gasteiger partial charge in [0.1, 0.15) is 0 Å². The van der Waals surface area contributed by atoms with Crippen LogP contribution >= 0.6 is 12.2 Å². The Balaban J connectivity index is 3.63. The van der Waals surface area contributed by atoms with Crippen molar-refractivity contribution in [2.75, 3.05) is 6.54 Å². The summed E-state index contributed by atoms with van der Waals surface area (Å²) >= 11 is 5.03. The van der Waals surface area contributed by atoms with Crippen LogP contribution in [0.25, 0.3) is 0 Å². The van der Waals surface area contributed by atoms with Gasteiger partial charge in [0.25, 0.3) is 0 Å². The van der Waals surface area contributed by atoms with E-state index in [1.165, 1.54) is 19.3 Å². The first-order chi connectivity index (χ1) is 7.38. The highest BCUT2D eigenvalue weighted by molar-refractivity contribution is 7.80. The first-order valence-electron chi connectivity index (χ1n) is 5.97. The van der Waals surface area contributed by atoms with Gasteiger partial charge in [-0.3, -0.25) is 4.79 Å². The maximum atomic E-state index is 11.6. The molecule has 0 rings (SSSR count). The number of hydrogen-bond donors (Lipinski definition) is 2. The molecule has 3 nitrogen and oxygen atoms in total. The quantitative estimate of drug-likeness (QED) is 0.577. The number of carbonyl (C=O) groups is 1. The molecule has 1 amide bonds. The second-order valence-corrected chi connectivity index (χ2v) is 5.43. The molecule has 0 aromatic rings. The third kappa shape index (κ3) is 7.63. The van der Waals surface area contributed by atoms with Gasteiger partial charge in [-0.2, -0.15) is 0 Å². The monoisotopic (exact) mass is 244 g/mol. The molecule has 4 heteroatoms. The Kier molecular flexibility index (Phi) is 7.30. The summed E-state index contributed by atoms with van der Waals surface area (Å²) in [5.74, 6) is -0.0430. The Labute approximate surface area is 104 Å². The lowest BCUT2D eigenvalue weighted by atomic mass is 9.96. The molecular weight excluding hydrogens is 220 g/mol. The Morgan fingerprint density at radius 1 is 1.19 bits per heavy atom. The van der Waals surface area contributed by atoms with Crippen LogP contribution in [0.1, 0.15) is 53.4 Å². The number of thiocarbonyl (C=S) groups is 1. The van der Waals surface area contributed by atoms with Crippen molar-refractivity contribution in [2.24, 2.45) is 5.41 Å². The van der Waals surface area contributed by atoms with E-state index in [1.54, 1.807) is 0 Å². The van der Waals surface area contributed by atoms with Crippen molar-refractivity contribution < 1.29 is 4.79 Å². The van der Waals surface area contributed by atoms with Crippen molar-refractivity contribution in [3.05, 3.63) is 0 Å². The highest BCUT2D eigenvalue weighted by atomic mass is 32.1. The second-order valence-electron chi connectivity index (χ2n) is 5.02. The van der Waals surface area contributed by atoms with E-state index in [0.29, 0.717) is 5.11 Å². The molecule has 0 saturated carbocycles. The van der Waals surface area contributed by atoms with Crippen LogP contribution in [0.3, 0.4) is 0 Å². The predicted octanol–water partition coefficient (Wildman–Crippen LogP) is 2.60. The zero-order chi connectivity index (χ0) is 12.6. The number of nitrogens with one attached hydrogen (secondary N) is 2. The van der Waals surface area contributed by atoms with Gasteiger partial charge >= 0.3 is 0 Å². The van der Waals surface area contributed by atoms with E-state index < -0.39 is 5.41 Å². The van der Waals surface area contributed by atoms with E-state index in [1.807, 2.05) is 20.8 Å². The van der Waals surface area contributed by atoms with E-state index >= 15 is 0 Å². The minimum absolute atomic E-state index is 0.0430. The van der Waals surface area contributed by atoms with Gasteiger partial charge < -0.3 is 10.6 Å². The standard InChI is InChI=1S/C12H24N2OS/c1-5-6-7-8-9-13-11(16)14-10(15)12(2,3)4/h5-9H2,1-4H3,(H2,13,14,15,16). The molecule has 94 valence electrons. The fourth-order valence-corrected chi connectivity index (χ4v) is 1.28. The fraction of sp³-hybridized carbons (Fsp3) is 0.833. The second kappa shape index (κ2) is 7.60. The Bertz CT molecular complexity index is 234. The number of unbranched alkanes of at least 4 members (excludes halogenated alkanes) is 3. The van der Waals surface area contributed by atoms with E-state index in [9.17, 15) is 4.79 Å². The molecule has 0 bridgehead atoms. The molecule has 0 aliphatic heterocycles. The molecule has 0 aliphatic carbocycles. The maximum Gasteiger partial charge on any atom is 0.231 e. The first-order valence-corrected chi connectivity index (χ1v) is 6.38. The van der Waals surface area contributed by atoms with Crippen molar-refractivity contribution >= 4 is 23.2 Å². The van der Waals surface area contributed by atoms with Crippen LogP contribution in [0, 0.1) is 5.41 Å². The third-order valence-corrected chi connectivity index (χ3v) is 2.47. The lowest BCUT2D eigenvalue weighted by Gasteiger charge is -2.18. The molecule has 0 fully saturated rings. The summed E-state index contributed by atoms with van der Waals surface area (Å²) in [4.78, 5) is 11.6.